The van der Waals surface area contributed by atoms with Gasteiger partial charge in [0.05, 0.1) is 5.57 Å². The summed E-state index contributed by atoms with van der Waals surface area (Å²) in [5.41, 5.74) is 8.80. The number of carbonyl (C=O) groups is 1. The van der Waals surface area contributed by atoms with Crippen LogP contribution in [-0.2, 0) is 4.79 Å². The number of fused-ring (bicyclic) bond motifs is 1. The van der Waals surface area contributed by atoms with Gasteiger partial charge in [0.15, 0.2) is 0 Å². The second-order valence-corrected chi connectivity index (χ2v) is 5.44. The van der Waals surface area contributed by atoms with E-state index in [4.69, 9.17) is 5.73 Å². The molecule has 0 bridgehead atoms. The summed E-state index contributed by atoms with van der Waals surface area (Å²) in [7, 11) is 3.96. The highest BCUT2D eigenvalue weighted by Crippen LogP contribution is 2.34. The molecule has 1 amide bonds. The summed E-state index contributed by atoms with van der Waals surface area (Å²) in [4.78, 5) is 18.1. The minimum atomic E-state index is -0.465. The summed E-state index contributed by atoms with van der Waals surface area (Å²) < 4.78 is 1.68. The third-order valence-electron chi connectivity index (χ3n) is 3.79. The minimum absolute atomic E-state index is 0.368. The number of aromatic nitrogens is 3. The Balaban J connectivity index is 2.12. The van der Waals surface area contributed by atoms with Crippen LogP contribution < -0.4 is 16.0 Å². The van der Waals surface area contributed by atoms with Crippen molar-refractivity contribution in [1.29, 1.82) is 0 Å². The van der Waals surface area contributed by atoms with Crippen molar-refractivity contribution in [2.75, 3.05) is 24.3 Å². The van der Waals surface area contributed by atoms with Crippen LogP contribution in [0, 0.1) is 0 Å². The van der Waals surface area contributed by atoms with Gasteiger partial charge in [0.1, 0.15) is 12.4 Å². The third-order valence-corrected chi connectivity index (χ3v) is 3.79. The Kier molecular flexibility index (Phi) is 3.32. The number of rotatable bonds is 3. The third kappa shape index (κ3) is 2.20. The van der Waals surface area contributed by atoms with E-state index in [0.717, 1.165) is 11.3 Å². The maximum atomic E-state index is 11.9. The van der Waals surface area contributed by atoms with Crippen molar-refractivity contribution < 1.29 is 4.79 Å². The van der Waals surface area contributed by atoms with Crippen LogP contribution in [0.15, 0.2) is 41.9 Å². The predicted octanol–water partition coefficient (Wildman–Crippen LogP) is 1.12. The maximum absolute atomic E-state index is 11.9. The first-order valence-corrected chi connectivity index (χ1v) is 6.93. The molecule has 3 rings (SSSR count). The van der Waals surface area contributed by atoms with E-state index in [1.54, 1.807) is 4.68 Å². The molecule has 2 aromatic rings. The summed E-state index contributed by atoms with van der Waals surface area (Å²) >= 11 is 0. The molecular formula is C15H18N6O. The van der Waals surface area contributed by atoms with Gasteiger partial charge in [-0.2, -0.15) is 10.1 Å². The molecule has 1 aliphatic rings. The molecule has 0 spiro atoms. The van der Waals surface area contributed by atoms with Gasteiger partial charge < -0.3 is 16.0 Å². The van der Waals surface area contributed by atoms with Crippen LogP contribution >= 0.6 is 0 Å². The lowest BCUT2D eigenvalue weighted by Gasteiger charge is -2.28. The predicted molar refractivity (Wildman–Crippen MR) is 84.4 cm³/mol. The second-order valence-electron chi connectivity index (χ2n) is 5.44. The zero-order valence-electron chi connectivity index (χ0n) is 12.7. The van der Waals surface area contributed by atoms with E-state index in [2.05, 4.69) is 15.4 Å². The number of primary amides is 1. The lowest BCUT2D eigenvalue weighted by molar-refractivity contribution is -0.115. The molecule has 0 saturated heterocycles. The molecule has 22 heavy (non-hydrogen) atoms. The molecule has 0 aliphatic carbocycles. The second kappa shape index (κ2) is 5.18. The first-order valence-electron chi connectivity index (χ1n) is 6.93. The smallest absolute Gasteiger partial charge is 0.248 e. The van der Waals surface area contributed by atoms with Crippen LogP contribution in [0.1, 0.15) is 18.5 Å². The number of nitrogens with two attached hydrogens (primary N) is 1. The Labute approximate surface area is 128 Å². The highest BCUT2D eigenvalue weighted by molar-refractivity contribution is 5.95. The molecule has 0 radical (unpaired) electrons. The monoisotopic (exact) mass is 298 g/mol. The number of carbonyl (C=O) groups excluding carboxylic acids is 1. The maximum Gasteiger partial charge on any atom is 0.248 e. The Bertz CT molecular complexity index is 744. The van der Waals surface area contributed by atoms with Gasteiger partial charge in [-0.05, 0) is 24.6 Å². The largest absolute Gasteiger partial charge is 0.378 e. The van der Waals surface area contributed by atoms with E-state index in [0.29, 0.717) is 17.2 Å². The quantitative estimate of drug-likeness (QED) is 0.886. The van der Waals surface area contributed by atoms with Gasteiger partial charge in [0, 0.05) is 25.5 Å². The zero-order valence-corrected chi connectivity index (χ0v) is 12.7. The van der Waals surface area contributed by atoms with Gasteiger partial charge in [-0.1, -0.05) is 12.1 Å². The molecule has 0 saturated carbocycles. The molecule has 7 heteroatoms. The van der Waals surface area contributed by atoms with Crippen molar-refractivity contribution in [3.8, 4) is 0 Å². The van der Waals surface area contributed by atoms with E-state index in [9.17, 15) is 4.79 Å². The molecule has 0 unspecified atom stereocenters. The summed E-state index contributed by atoms with van der Waals surface area (Å²) in [6, 6.07) is 7.59. The molecule has 1 atom stereocenters. The fourth-order valence-corrected chi connectivity index (χ4v) is 2.67. The average Bonchev–Trinajstić information content (AvgIpc) is 2.93. The minimum Gasteiger partial charge on any atom is -0.378 e. The normalized spacial score (nSPS) is 17.0. The van der Waals surface area contributed by atoms with Gasteiger partial charge in [-0.25, -0.2) is 4.68 Å². The number of anilines is 2. The summed E-state index contributed by atoms with van der Waals surface area (Å²) in [6.07, 6.45) is 1.46. The molecular weight excluding hydrogens is 280 g/mol. The van der Waals surface area contributed by atoms with Crippen molar-refractivity contribution in [2.24, 2.45) is 5.73 Å². The number of benzene rings is 1. The number of nitrogens with one attached hydrogen (secondary N) is 1. The van der Waals surface area contributed by atoms with Crippen molar-refractivity contribution >= 4 is 17.5 Å². The zero-order chi connectivity index (χ0) is 15.9. The van der Waals surface area contributed by atoms with Crippen molar-refractivity contribution in [1.82, 2.24) is 14.8 Å². The van der Waals surface area contributed by atoms with Crippen LogP contribution in [0.25, 0.3) is 0 Å². The summed E-state index contributed by atoms with van der Waals surface area (Å²) in [6.45, 7) is 1.82. The number of hydrogen-bond acceptors (Lipinski definition) is 5. The van der Waals surface area contributed by atoms with Crippen LogP contribution in [0.4, 0.5) is 11.6 Å². The van der Waals surface area contributed by atoms with Gasteiger partial charge in [-0.3, -0.25) is 4.79 Å². The van der Waals surface area contributed by atoms with E-state index in [1.807, 2.05) is 50.2 Å². The fraction of sp³-hybridized carbons (Fsp3) is 0.267. The first kappa shape index (κ1) is 14.1. The molecule has 3 N–H and O–H groups in total. The summed E-state index contributed by atoms with van der Waals surface area (Å²) in [5, 5.41) is 7.29. The average molecular weight is 298 g/mol. The van der Waals surface area contributed by atoms with Crippen LogP contribution in [0.5, 0.6) is 0 Å². The molecule has 7 nitrogen and oxygen atoms in total. The van der Waals surface area contributed by atoms with E-state index in [-0.39, 0.29) is 6.04 Å². The number of hydrogen-bond donors (Lipinski definition) is 2. The standard InChI is InChI=1S/C15H18N6O/c1-9-12(14(16)22)13(21-15(19-9)17-8-18-21)10-4-6-11(7-5-10)20(2)3/h4-8,13H,1-3H3,(H2,16,22)(H,17,18,19)/t13-/m0/s1. The molecule has 0 fully saturated rings. The molecule has 1 aromatic carbocycles. The first-order chi connectivity index (χ1) is 10.5. The number of allylic oxidation sites excluding steroid dienone is 1. The van der Waals surface area contributed by atoms with Gasteiger partial charge in [-0.15, -0.1) is 0 Å². The Morgan fingerprint density at radius 2 is 2.00 bits per heavy atom. The van der Waals surface area contributed by atoms with E-state index < -0.39 is 5.91 Å². The Morgan fingerprint density at radius 1 is 1.32 bits per heavy atom. The van der Waals surface area contributed by atoms with Crippen LogP contribution in [0.3, 0.4) is 0 Å². The van der Waals surface area contributed by atoms with Crippen LogP contribution in [0.2, 0.25) is 0 Å². The highest BCUT2D eigenvalue weighted by Gasteiger charge is 2.32. The lowest BCUT2D eigenvalue weighted by Crippen LogP contribution is -2.31. The van der Waals surface area contributed by atoms with Crippen molar-refractivity contribution in [3.05, 3.63) is 47.4 Å². The van der Waals surface area contributed by atoms with Gasteiger partial charge in [0.25, 0.3) is 0 Å². The molecule has 2 heterocycles. The number of nitrogens with zero attached hydrogens (tertiary/aromatic N) is 4. The van der Waals surface area contributed by atoms with Crippen molar-refractivity contribution in [2.45, 2.75) is 13.0 Å². The highest BCUT2D eigenvalue weighted by atomic mass is 16.1. The Hall–Kier alpha value is -2.83. The SMILES string of the molecule is CC1=C(C(N)=O)[C@H](c2ccc(N(C)C)cc2)n2ncnc2N1. The van der Waals surface area contributed by atoms with Gasteiger partial charge in [0.2, 0.25) is 11.9 Å². The molecule has 1 aromatic heterocycles. The summed E-state index contributed by atoms with van der Waals surface area (Å²) in [5.74, 6) is 0.136. The lowest BCUT2D eigenvalue weighted by atomic mass is 9.95. The van der Waals surface area contributed by atoms with E-state index in [1.165, 1.54) is 6.33 Å². The van der Waals surface area contributed by atoms with Crippen LogP contribution in [-0.4, -0.2) is 34.8 Å². The number of amides is 1. The van der Waals surface area contributed by atoms with Gasteiger partial charge >= 0.3 is 0 Å². The Morgan fingerprint density at radius 3 is 2.59 bits per heavy atom. The molecule has 114 valence electrons. The molecule has 1 aliphatic heterocycles. The topological polar surface area (TPSA) is 89.1 Å². The fourth-order valence-electron chi connectivity index (χ4n) is 2.67. The van der Waals surface area contributed by atoms with E-state index >= 15 is 0 Å². The van der Waals surface area contributed by atoms with Crippen molar-refractivity contribution in [3.63, 3.8) is 0 Å².